The molecule has 1 aliphatic rings. The Morgan fingerprint density at radius 2 is 1.76 bits per heavy atom. The van der Waals surface area contributed by atoms with Crippen molar-refractivity contribution in [3.8, 4) is 11.5 Å². The molecule has 3 unspecified atom stereocenters. The number of amides is 1. The number of pyridine rings is 1. The first-order chi connectivity index (χ1) is 22.0. The standard InChI is InChI=1S/C34H44N2O10/c1-7-9-15-23(8-2)32(39)46-29-26(42-6)16-17-35-27(29)30(37)36-25-19-43-33(40)24(18-22-13-11-10-12-14-22)28(21(5)44-34(25)41)45-31(38)20(3)4/h10-14,16-17,20-21,23-25,28H,7-9,15,18-19H2,1-6H3,(H,36,37)/t21-,23?,24+,25?,28?/m0/s1. The van der Waals surface area contributed by atoms with E-state index in [0.29, 0.717) is 12.8 Å². The molecule has 2 heterocycles. The van der Waals surface area contributed by atoms with Gasteiger partial charge in [0, 0.05) is 12.3 Å². The third kappa shape index (κ3) is 9.51. The minimum atomic E-state index is -1.46. The molecule has 5 atom stereocenters. The maximum Gasteiger partial charge on any atom is 0.332 e. The van der Waals surface area contributed by atoms with E-state index >= 15 is 0 Å². The van der Waals surface area contributed by atoms with Gasteiger partial charge in [0.05, 0.1) is 18.9 Å². The molecule has 2 aromatic rings. The number of unbranched alkanes of at least 4 members (excludes halogenated alkanes) is 1. The number of nitrogens with one attached hydrogen (secondary N) is 1. The van der Waals surface area contributed by atoms with Crippen LogP contribution in [0.25, 0.3) is 0 Å². The predicted molar refractivity (Wildman–Crippen MR) is 166 cm³/mol. The van der Waals surface area contributed by atoms with E-state index < -0.39 is 72.4 Å². The van der Waals surface area contributed by atoms with Crippen molar-refractivity contribution in [2.75, 3.05) is 13.7 Å². The lowest BCUT2D eigenvalue weighted by atomic mass is 9.91. The third-order valence-corrected chi connectivity index (χ3v) is 7.71. The SMILES string of the molecule is CCCCC(CC)C(=O)Oc1c(OC)ccnc1C(=O)NC1COC(=O)[C@H](Cc2ccccc2)C(OC(=O)C(C)C)[C@H](C)OC1=O. The first-order valence-corrected chi connectivity index (χ1v) is 15.7. The molecule has 0 saturated carbocycles. The van der Waals surface area contributed by atoms with Crippen LogP contribution in [0.1, 0.15) is 76.4 Å². The molecule has 12 heteroatoms. The minimum absolute atomic E-state index is 0.0921. The number of hydrogen-bond acceptors (Lipinski definition) is 11. The van der Waals surface area contributed by atoms with Crippen LogP contribution in [0, 0.1) is 17.8 Å². The molecule has 1 aliphatic heterocycles. The number of benzene rings is 1. The van der Waals surface area contributed by atoms with Gasteiger partial charge >= 0.3 is 23.9 Å². The molecule has 3 rings (SSSR count). The number of carbonyl (C=O) groups excluding carboxylic acids is 5. The molecule has 1 saturated heterocycles. The highest BCUT2D eigenvalue weighted by molar-refractivity contribution is 5.99. The van der Waals surface area contributed by atoms with Crippen LogP contribution >= 0.6 is 0 Å². The largest absolute Gasteiger partial charge is 0.493 e. The fourth-order valence-electron chi connectivity index (χ4n) is 4.95. The number of esters is 4. The van der Waals surface area contributed by atoms with Crippen molar-refractivity contribution >= 4 is 29.8 Å². The molecule has 0 spiro atoms. The van der Waals surface area contributed by atoms with Crippen molar-refractivity contribution in [1.82, 2.24) is 10.3 Å². The summed E-state index contributed by atoms with van der Waals surface area (Å²) in [6, 6.07) is 9.07. The van der Waals surface area contributed by atoms with Gasteiger partial charge in [-0.2, -0.15) is 0 Å². The Bertz CT molecular complexity index is 1360. The summed E-state index contributed by atoms with van der Waals surface area (Å²) >= 11 is 0. The Morgan fingerprint density at radius 3 is 2.39 bits per heavy atom. The zero-order valence-corrected chi connectivity index (χ0v) is 27.3. The van der Waals surface area contributed by atoms with Gasteiger partial charge in [0.25, 0.3) is 5.91 Å². The predicted octanol–water partition coefficient (Wildman–Crippen LogP) is 4.23. The van der Waals surface area contributed by atoms with Crippen LogP contribution in [0.3, 0.4) is 0 Å². The lowest BCUT2D eigenvalue weighted by Crippen LogP contribution is -2.47. The summed E-state index contributed by atoms with van der Waals surface area (Å²) in [6.45, 7) is 8.13. The second kappa shape index (κ2) is 17.3. The lowest BCUT2D eigenvalue weighted by Gasteiger charge is -2.29. The van der Waals surface area contributed by atoms with Gasteiger partial charge in [-0.3, -0.25) is 19.2 Å². The van der Waals surface area contributed by atoms with Gasteiger partial charge in [0.1, 0.15) is 18.6 Å². The van der Waals surface area contributed by atoms with Gasteiger partial charge in [-0.15, -0.1) is 0 Å². The maximum absolute atomic E-state index is 13.5. The smallest absolute Gasteiger partial charge is 0.332 e. The van der Waals surface area contributed by atoms with E-state index in [2.05, 4.69) is 10.3 Å². The number of carbonyl (C=O) groups is 5. The number of cyclic esters (lactones) is 2. The van der Waals surface area contributed by atoms with Gasteiger partial charge in [-0.05, 0) is 31.7 Å². The number of ether oxygens (including phenoxy) is 5. The van der Waals surface area contributed by atoms with Gasteiger partial charge in [0.2, 0.25) is 5.75 Å². The Balaban J connectivity index is 1.88. The zero-order chi connectivity index (χ0) is 33.8. The van der Waals surface area contributed by atoms with E-state index in [1.165, 1.54) is 26.3 Å². The van der Waals surface area contributed by atoms with Gasteiger partial charge < -0.3 is 29.0 Å². The molecule has 0 bridgehead atoms. The molecule has 1 N–H and O–H groups in total. The summed E-state index contributed by atoms with van der Waals surface area (Å²) in [5.41, 5.74) is 0.472. The van der Waals surface area contributed by atoms with Crippen LogP contribution in [0.2, 0.25) is 0 Å². The average molecular weight is 641 g/mol. The van der Waals surface area contributed by atoms with E-state index in [1.807, 2.05) is 44.2 Å². The molecule has 1 fully saturated rings. The highest BCUT2D eigenvalue weighted by Gasteiger charge is 2.42. The highest BCUT2D eigenvalue weighted by Crippen LogP contribution is 2.31. The molecule has 1 amide bonds. The van der Waals surface area contributed by atoms with Crippen molar-refractivity contribution in [2.45, 2.75) is 85.0 Å². The topological polar surface area (TPSA) is 156 Å². The van der Waals surface area contributed by atoms with Crippen LogP contribution in [-0.4, -0.2) is 66.7 Å². The van der Waals surface area contributed by atoms with E-state index in [9.17, 15) is 24.0 Å². The molecule has 1 aromatic heterocycles. The number of rotatable bonds is 13. The second-order valence-corrected chi connectivity index (χ2v) is 11.5. The molecule has 46 heavy (non-hydrogen) atoms. The van der Waals surface area contributed by atoms with E-state index in [-0.39, 0.29) is 23.6 Å². The average Bonchev–Trinajstić information content (AvgIpc) is 3.07. The van der Waals surface area contributed by atoms with Gasteiger partial charge in [-0.25, -0.2) is 9.78 Å². The number of aromatic nitrogens is 1. The summed E-state index contributed by atoms with van der Waals surface area (Å²) in [7, 11) is 1.35. The first-order valence-electron chi connectivity index (χ1n) is 15.7. The lowest BCUT2D eigenvalue weighted by molar-refractivity contribution is -0.176. The minimum Gasteiger partial charge on any atom is -0.493 e. The molecule has 12 nitrogen and oxygen atoms in total. The molecule has 250 valence electrons. The molecule has 0 radical (unpaired) electrons. The van der Waals surface area contributed by atoms with Crippen LogP contribution in [0.15, 0.2) is 42.6 Å². The Hall–Kier alpha value is -4.48. The van der Waals surface area contributed by atoms with Gasteiger partial charge in [-0.1, -0.05) is 70.9 Å². The van der Waals surface area contributed by atoms with E-state index in [0.717, 1.165) is 18.4 Å². The van der Waals surface area contributed by atoms with Crippen LogP contribution < -0.4 is 14.8 Å². The van der Waals surface area contributed by atoms with Gasteiger partial charge in [0.15, 0.2) is 23.6 Å². The van der Waals surface area contributed by atoms with E-state index in [1.54, 1.807) is 13.8 Å². The maximum atomic E-state index is 13.5. The van der Waals surface area contributed by atoms with E-state index in [4.69, 9.17) is 23.7 Å². The summed E-state index contributed by atoms with van der Waals surface area (Å²) in [5, 5.41) is 2.49. The Labute approximate surface area is 269 Å². The van der Waals surface area contributed by atoms with Crippen LogP contribution in [-0.2, 0) is 39.8 Å². The molecule has 0 aliphatic carbocycles. The van der Waals surface area contributed by atoms with Crippen molar-refractivity contribution in [2.24, 2.45) is 17.8 Å². The quantitative estimate of drug-likeness (QED) is 0.247. The fraction of sp³-hybridized carbons (Fsp3) is 0.529. The van der Waals surface area contributed by atoms with Crippen LogP contribution in [0.5, 0.6) is 11.5 Å². The zero-order valence-electron chi connectivity index (χ0n) is 27.3. The number of nitrogens with zero attached hydrogens (tertiary/aromatic N) is 1. The number of methoxy groups -OCH3 is 1. The van der Waals surface area contributed by atoms with Crippen molar-refractivity contribution in [3.63, 3.8) is 0 Å². The Morgan fingerprint density at radius 1 is 1.04 bits per heavy atom. The summed E-state index contributed by atoms with van der Waals surface area (Å²) in [4.78, 5) is 70.2. The number of hydrogen-bond donors (Lipinski definition) is 1. The summed E-state index contributed by atoms with van der Waals surface area (Å²) < 4.78 is 27.9. The monoisotopic (exact) mass is 640 g/mol. The third-order valence-electron chi connectivity index (χ3n) is 7.71. The second-order valence-electron chi connectivity index (χ2n) is 11.5. The first kappa shape index (κ1) is 36.0. The summed E-state index contributed by atoms with van der Waals surface area (Å²) in [6.07, 6.45) is 2.10. The van der Waals surface area contributed by atoms with Crippen molar-refractivity contribution in [3.05, 3.63) is 53.9 Å². The summed E-state index contributed by atoms with van der Waals surface area (Å²) in [5.74, 6) is -5.68. The normalized spacial score (nSPS) is 20.7. The van der Waals surface area contributed by atoms with Crippen molar-refractivity contribution < 1.29 is 47.7 Å². The molecular weight excluding hydrogens is 596 g/mol. The van der Waals surface area contributed by atoms with Crippen molar-refractivity contribution in [1.29, 1.82) is 0 Å². The fourth-order valence-corrected chi connectivity index (χ4v) is 4.95. The Kier molecular flexibility index (Phi) is 13.5. The van der Waals surface area contributed by atoms with Crippen LogP contribution in [0.4, 0.5) is 0 Å². The molecule has 1 aromatic carbocycles. The highest BCUT2D eigenvalue weighted by atomic mass is 16.6. The molecular formula is C34H44N2O10.